The number of rotatable bonds is 5. The predicted octanol–water partition coefficient (Wildman–Crippen LogP) is 2.68. The Labute approximate surface area is 176 Å². The maximum Gasteiger partial charge on any atom is 0.237 e. The van der Waals surface area contributed by atoms with E-state index in [-0.39, 0.29) is 23.9 Å². The highest BCUT2D eigenvalue weighted by atomic mass is 19.1. The number of hydrogen-bond acceptors (Lipinski definition) is 5. The van der Waals surface area contributed by atoms with Gasteiger partial charge in [-0.05, 0) is 49.7 Å². The summed E-state index contributed by atoms with van der Waals surface area (Å²) in [4.78, 5) is 17.2. The molecule has 2 aliphatic rings. The minimum atomic E-state index is -0.227. The van der Waals surface area contributed by atoms with Gasteiger partial charge in [0.25, 0.3) is 0 Å². The number of fused-ring (bicyclic) bond motifs is 1. The first-order valence-corrected chi connectivity index (χ1v) is 10.5. The van der Waals surface area contributed by atoms with E-state index in [1.165, 1.54) is 12.1 Å². The highest BCUT2D eigenvalue weighted by molar-refractivity contribution is 5.81. The third-order valence-electron chi connectivity index (χ3n) is 5.72. The van der Waals surface area contributed by atoms with Crippen molar-refractivity contribution in [3.05, 3.63) is 54.3 Å². The summed E-state index contributed by atoms with van der Waals surface area (Å²) in [5.41, 5.74) is 1.02. The summed E-state index contributed by atoms with van der Waals surface area (Å²) in [6.45, 7) is 6.10. The third kappa shape index (κ3) is 4.84. The molecule has 4 rings (SSSR count). The van der Waals surface area contributed by atoms with E-state index in [1.807, 2.05) is 43.3 Å². The number of halogens is 1. The Morgan fingerprint density at radius 3 is 2.67 bits per heavy atom. The summed E-state index contributed by atoms with van der Waals surface area (Å²) >= 11 is 0. The molecule has 0 aliphatic carbocycles. The molecule has 1 saturated heterocycles. The molecule has 2 aliphatic heterocycles. The standard InChI is InChI=1S/C23H28FN3O3/c1-17(23(28)25-15-20-16-29-21-5-2-3-6-22(21)30-20)26-11-4-12-27(14-13-26)19-9-7-18(24)8-10-19/h2-3,5-10,17,20H,4,11-16H2,1H3,(H,25,28). The molecule has 2 unspecified atom stereocenters. The Hall–Kier alpha value is -2.80. The van der Waals surface area contributed by atoms with E-state index < -0.39 is 0 Å². The molecule has 1 amide bonds. The zero-order valence-corrected chi connectivity index (χ0v) is 17.2. The molecular weight excluding hydrogens is 385 g/mol. The summed E-state index contributed by atoms with van der Waals surface area (Å²) in [6.07, 6.45) is 0.750. The SMILES string of the molecule is CC(C(=O)NCC1COc2ccccc2O1)N1CCCN(c2ccc(F)cc2)CC1. The molecule has 0 bridgehead atoms. The van der Waals surface area contributed by atoms with Gasteiger partial charge in [-0.2, -0.15) is 0 Å². The zero-order valence-electron chi connectivity index (χ0n) is 17.2. The second kappa shape index (κ2) is 9.34. The van der Waals surface area contributed by atoms with Crippen molar-refractivity contribution in [1.82, 2.24) is 10.2 Å². The van der Waals surface area contributed by atoms with Crippen LogP contribution in [0, 0.1) is 5.82 Å². The molecule has 6 nitrogen and oxygen atoms in total. The van der Waals surface area contributed by atoms with Crippen LogP contribution in [0.1, 0.15) is 13.3 Å². The Balaban J connectivity index is 1.26. The van der Waals surface area contributed by atoms with Crippen LogP contribution >= 0.6 is 0 Å². The Bertz CT molecular complexity index is 861. The maximum absolute atomic E-state index is 13.2. The summed E-state index contributed by atoms with van der Waals surface area (Å²) in [7, 11) is 0. The number of nitrogens with one attached hydrogen (secondary N) is 1. The van der Waals surface area contributed by atoms with Gasteiger partial charge < -0.3 is 19.7 Å². The van der Waals surface area contributed by atoms with E-state index in [1.54, 1.807) is 0 Å². The van der Waals surface area contributed by atoms with Crippen LogP contribution < -0.4 is 19.7 Å². The molecule has 1 fully saturated rings. The molecule has 2 atom stereocenters. The molecule has 7 heteroatoms. The van der Waals surface area contributed by atoms with Crippen LogP contribution in [-0.4, -0.2) is 62.3 Å². The van der Waals surface area contributed by atoms with Gasteiger partial charge in [0.2, 0.25) is 5.91 Å². The van der Waals surface area contributed by atoms with Crippen LogP contribution in [0.15, 0.2) is 48.5 Å². The van der Waals surface area contributed by atoms with Crippen molar-refractivity contribution in [2.75, 3.05) is 44.2 Å². The zero-order chi connectivity index (χ0) is 20.9. The molecule has 0 saturated carbocycles. The first-order valence-electron chi connectivity index (χ1n) is 10.5. The van der Waals surface area contributed by atoms with Gasteiger partial charge in [-0.15, -0.1) is 0 Å². The fourth-order valence-corrected chi connectivity index (χ4v) is 3.93. The van der Waals surface area contributed by atoms with Gasteiger partial charge in [0.15, 0.2) is 11.5 Å². The van der Waals surface area contributed by atoms with Crippen LogP contribution in [-0.2, 0) is 4.79 Å². The van der Waals surface area contributed by atoms with Crippen LogP contribution in [0.5, 0.6) is 11.5 Å². The van der Waals surface area contributed by atoms with Gasteiger partial charge in [-0.1, -0.05) is 12.1 Å². The molecule has 1 N–H and O–H groups in total. The molecule has 30 heavy (non-hydrogen) atoms. The van der Waals surface area contributed by atoms with Crippen molar-refractivity contribution in [2.24, 2.45) is 0 Å². The molecule has 2 aromatic rings. The third-order valence-corrected chi connectivity index (χ3v) is 5.72. The lowest BCUT2D eigenvalue weighted by molar-refractivity contribution is -0.126. The number of carbonyl (C=O) groups excluding carboxylic acids is 1. The average Bonchev–Trinajstić information content (AvgIpc) is 3.03. The van der Waals surface area contributed by atoms with E-state index in [0.29, 0.717) is 18.9 Å². The minimum absolute atomic E-state index is 0.00677. The Morgan fingerprint density at radius 1 is 1.10 bits per heavy atom. The van der Waals surface area contributed by atoms with E-state index in [4.69, 9.17) is 9.47 Å². The summed E-state index contributed by atoms with van der Waals surface area (Å²) in [5.74, 6) is 1.22. The number of amides is 1. The number of carbonyl (C=O) groups is 1. The quantitative estimate of drug-likeness (QED) is 0.817. The predicted molar refractivity (Wildman–Crippen MR) is 114 cm³/mol. The van der Waals surface area contributed by atoms with Gasteiger partial charge >= 0.3 is 0 Å². The van der Waals surface area contributed by atoms with Gasteiger partial charge in [-0.3, -0.25) is 9.69 Å². The van der Waals surface area contributed by atoms with Crippen molar-refractivity contribution in [3.8, 4) is 11.5 Å². The molecule has 160 valence electrons. The molecule has 0 spiro atoms. The fraction of sp³-hybridized carbons (Fsp3) is 0.435. The van der Waals surface area contributed by atoms with E-state index in [0.717, 1.165) is 44.0 Å². The average molecular weight is 413 g/mol. The number of anilines is 1. The van der Waals surface area contributed by atoms with E-state index >= 15 is 0 Å². The van der Waals surface area contributed by atoms with Gasteiger partial charge in [-0.25, -0.2) is 4.39 Å². The van der Waals surface area contributed by atoms with Gasteiger partial charge in [0, 0.05) is 31.9 Å². The number of nitrogens with zero attached hydrogens (tertiary/aromatic N) is 2. The normalized spacial score (nSPS) is 20.3. The van der Waals surface area contributed by atoms with Gasteiger partial charge in [0.1, 0.15) is 18.5 Å². The van der Waals surface area contributed by atoms with Crippen molar-refractivity contribution in [3.63, 3.8) is 0 Å². The number of benzene rings is 2. The minimum Gasteiger partial charge on any atom is -0.486 e. The Morgan fingerprint density at radius 2 is 1.87 bits per heavy atom. The topological polar surface area (TPSA) is 54.0 Å². The number of para-hydroxylation sites is 2. The molecular formula is C23H28FN3O3. The van der Waals surface area contributed by atoms with Gasteiger partial charge in [0.05, 0.1) is 12.6 Å². The summed E-state index contributed by atoms with van der Waals surface area (Å²) in [5, 5.41) is 3.01. The molecule has 0 aromatic heterocycles. The number of ether oxygens (including phenoxy) is 2. The smallest absolute Gasteiger partial charge is 0.237 e. The van der Waals surface area contributed by atoms with Crippen molar-refractivity contribution >= 4 is 11.6 Å². The largest absolute Gasteiger partial charge is 0.486 e. The molecule has 2 aromatic carbocycles. The lowest BCUT2D eigenvalue weighted by atomic mass is 10.2. The van der Waals surface area contributed by atoms with Crippen molar-refractivity contribution in [1.29, 1.82) is 0 Å². The summed E-state index contributed by atoms with van der Waals surface area (Å²) < 4.78 is 24.8. The van der Waals surface area contributed by atoms with Crippen molar-refractivity contribution < 1.29 is 18.7 Å². The fourth-order valence-electron chi connectivity index (χ4n) is 3.93. The van der Waals surface area contributed by atoms with E-state index in [9.17, 15) is 9.18 Å². The first kappa shape index (κ1) is 20.5. The van der Waals surface area contributed by atoms with Crippen LogP contribution in [0.25, 0.3) is 0 Å². The number of hydrogen-bond donors (Lipinski definition) is 1. The second-order valence-electron chi connectivity index (χ2n) is 7.77. The monoisotopic (exact) mass is 413 g/mol. The maximum atomic E-state index is 13.2. The molecule has 2 heterocycles. The van der Waals surface area contributed by atoms with Crippen LogP contribution in [0.3, 0.4) is 0 Å². The highest BCUT2D eigenvalue weighted by Gasteiger charge is 2.26. The highest BCUT2D eigenvalue weighted by Crippen LogP contribution is 2.30. The molecule has 0 radical (unpaired) electrons. The van der Waals surface area contributed by atoms with E-state index in [2.05, 4.69) is 15.1 Å². The lowest BCUT2D eigenvalue weighted by Crippen LogP contribution is -2.49. The Kier molecular flexibility index (Phi) is 6.38. The van der Waals surface area contributed by atoms with Crippen molar-refractivity contribution in [2.45, 2.75) is 25.5 Å². The van der Waals surface area contributed by atoms with Crippen LogP contribution in [0.4, 0.5) is 10.1 Å². The summed E-state index contributed by atoms with van der Waals surface area (Å²) in [6, 6.07) is 13.9. The lowest BCUT2D eigenvalue weighted by Gasteiger charge is -2.29. The van der Waals surface area contributed by atoms with Crippen LogP contribution in [0.2, 0.25) is 0 Å². The second-order valence-corrected chi connectivity index (χ2v) is 7.77. The first-order chi connectivity index (χ1) is 14.6.